The summed E-state index contributed by atoms with van der Waals surface area (Å²) in [7, 11) is 1.58. The number of likely N-dealkylation sites (tertiary alicyclic amines) is 1. The summed E-state index contributed by atoms with van der Waals surface area (Å²) >= 11 is 1.52. The number of benzene rings is 1. The van der Waals surface area contributed by atoms with E-state index in [1.54, 1.807) is 25.4 Å². The van der Waals surface area contributed by atoms with Gasteiger partial charge in [-0.25, -0.2) is 9.97 Å². The molecule has 0 saturated carbocycles. The van der Waals surface area contributed by atoms with E-state index in [-0.39, 0.29) is 11.8 Å². The third-order valence-electron chi connectivity index (χ3n) is 4.90. The molecule has 1 N–H and O–H groups in total. The molecule has 4 rings (SSSR count). The summed E-state index contributed by atoms with van der Waals surface area (Å²) < 4.78 is 6.04. The summed E-state index contributed by atoms with van der Waals surface area (Å²) in [5, 5.41) is 3.79. The van der Waals surface area contributed by atoms with Crippen LogP contribution in [0.5, 0.6) is 5.88 Å². The first-order valence-corrected chi connectivity index (χ1v) is 10.4. The van der Waals surface area contributed by atoms with Gasteiger partial charge in [0.25, 0.3) is 5.91 Å². The number of nitrogens with zero attached hydrogens (tertiary/aromatic N) is 3. The van der Waals surface area contributed by atoms with Crippen molar-refractivity contribution in [3.05, 3.63) is 42.1 Å². The average molecular weight is 410 g/mol. The third kappa shape index (κ3) is 4.37. The van der Waals surface area contributed by atoms with E-state index in [1.165, 1.54) is 11.3 Å². The highest BCUT2D eigenvalue weighted by atomic mass is 32.1. The highest BCUT2D eigenvalue weighted by molar-refractivity contribution is 7.21. The van der Waals surface area contributed by atoms with Gasteiger partial charge in [-0.05, 0) is 37.1 Å². The van der Waals surface area contributed by atoms with E-state index in [2.05, 4.69) is 15.3 Å². The van der Waals surface area contributed by atoms with E-state index in [0.29, 0.717) is 31.0 Å². The molecular weight excluding hydrogens is 388 g/mol. The number of carbonyl (C=O) groups is 2. The molecule has 150 valence electrons. The number of fused-ring (bicyclic) bond motifs is 1. The number of methoxy groups -OCH3 is 1. The summed E-state index contributed by atoms with van der Waals surface area (Å²) in [6.45, 7) is 2.08. The van der Waals surface area contributed by atoms with Crippen LogP contribution in [0.25, 0.3) is 20.8 Å². The molecule has 1 aliphatic heterocycles. The van der Waals surface area contributed by atoms with Crippen molar-refractivity contribution in [3.8, 4) is 16.5 Å². The molecule has 0 unspecified atom stereocenters. The number of hydrogen-bond acceptors (Lipinski definition) is 6. The van der Waals surface area contributed by atoms with E-state index in [0.717, 1.165) is 40.2 Å². The SMILES string of the molecule is COc1ccc(-c2nc3ccc(C(=O)NCCCN4CCCC4=O)cc3s2)cn1. The molecule has 0 radical (unpaired) electrons. The zero-order chi connectivity index (χ0) is 20.2. The Bertz CT molecular complexity index is 1030. The summed E-state index contributed by atoms with van der Waals surface area (Å²) in [4.78, 5) is 34.8. The first-order chi connectivity index (χ1) is 14.1. The number of aromatic nitrogens is 2. The summed E-state index contributed by atoms with van der Waals surface area (Å²) in [6.07, 6.45) is 4.08. The van der Waals surface area contributed by atoms with Crippen LogP contribution < -0.4 is 10.1 Å². The lowest BCUT2D eigenvalue weighted by Gasteiger charge is -2.15. The molecule has 2 aromatic heterocycles. The Hall–Kier alpha value is -3.00. The predicted octanol–water partition coefficient (Wildman–Crippen LogP) is 3.11. The normalized spacial score (nSPS) is 13.8. The fourth-order valence-corrected chi connectivity index (χ4v) is 4.33. The van der Waals surface area contributed by atoms with Crippen LogP contribution in [0.3, 0.4) is 0 Å². The molecular formula is C21H22N4O3S. The second-order valence-electron chi connectivity index (χ2n) is 6.88. The zero-order valence-electron chi connectivity index (χ0n) is 16.2. The van der Waals surface area contributed by atoms with Gasteiger partial charge in [0.1, 0.15) is 5.01 Å². The number of nitrogens with one attached hydrogen (secondary N) is 1. The van der Waals surface area contributed by atoms with Gasteiger partial charge >= 0.3 is 0 Å². The second-order valence-corrected chi connectivity index (χ2v) is 7.92. The Kier molecular flexibility index (Phi) is 5.71. The van der Waals surface area contributed by atoms with Gasteiger partial charge in [0.15, 0.2) is 0 Å². The molecule has 3 heterocycles. The largest absolute Gasteiger partial charge is 0.481 e. The van der Waals surface area contributed by atoms with Crippen molar-refractivity contribution in [2.45, 2.75) is 19.3 Å². The molecule has 1 aromatic carbocycles. The third-order valence-corrected chi connectivity index (χ3v) is 5.97. The molecule has 2 amide bonds. The average Bonchev–Trinajstić information content (AvgIpc) is 3.36. The van der Waals surface area contributed by atoms with E-state index < -0.39 is 0 Å². The van der Waals surface area contributed by atoms with Crippen molar-refractivity contribution in [2.75, 3.05) is 26.7 Å². The highest BCUT2D eigenvalue weighted by Gasteiger charge is 2.19. The van der Waals surface area contributed by atoms with Crippen molar-refractivity contribution in [1.82, 2.24) is 20.2 Å². The zero-order valence-corrected chi connectivity index (χ0v) is 17.0. The smallest absolute Gasteiger partial charge is 0.251 e. The molecule has 0 spiro atoms. The lowest BCUT2D eigenvalue weighted by atomic mass is 10.2. The Labute approximate surface area is 172 Å². The monoisotopic (exact) mass is 410 g/mol. The molecule has 0 bridgehead atoms. The summed E-state index contributed by atoms with van der Waals surface area (Å²) in [5.41, 5.74) is 2.37. The van der Waals surface area contributed by atoms with E-state index in [4.69, 9.17) is 4.74 Å². The topological polar surface area (TPSA) is 84.4 Å². The van der Waals surface area contributed by atoms with Gasteiger partial charge < -0.3 is 15.0 Å². The number of carbonyl (C=O) groups excluding carboxylic acids is 2. The van der Waals surface area contributed by atoms with Gasteiger partial charge in [-0.15, -0.1) is 11.3 Å². The maximum Gasteiger partial charge on any atom is 0.251 e. The van der Waals surface area contributed by atoms with Crippen LogP contribution in [0.1, 0.15) is 29.6 Å². The summed E-state index contributed by atoms with van der Waals surface area (Å²) in [6, 6.07) is 9.24. The van der Waals surface area contributed by atoms with Crippen molar-refractivity contribution >= 4 is 33.4 Å². The fraction of sp³-hybridized carbons (Fsp3) is 0.333. The molecule has 1 saturated heterocycles. The molecule has 0 aliphatic carbocycles. The van der Waals surface area contributed by atoms with Crippen LogP contribution >= 0.6 is 11.3 Å². The molecule has 1 aliphatic rings. The fourth-order valence-electron chi connectivity index (χ4n) is 3.33. The molecule has 29 heavy (non-hydrogen) atoms. The molecule has 7 nitrogen and oxygen atoms in total. The minimum absolute atomic E-state index is 0.110. The molecule has 1 fully saturated rings. The maximum absolute atomic E-state index is 12.5. The number of hydrogen-bond donors (Lipinski definition) is 1. The molecule has 3 aromatic rings. The van der Waals surface area contributed by atoms with E-state index in [9.17, 15) is 9.59 Å². The van der Waals surface area contributed by atoms with Crippen LogP contribution in [0, 0.1) is 0 Å². The van der Waals surface area contributed by atoms with E-state index in [1.807, 2.05) is 23.1 Å². The number of amides is 2. The van der Waals surface area contributed by atoms with Crippen molar-refractivity contribution in [2.24, 2.45) is 0 Å². The van der Waals surface area contributed by atoms with Crippen molar-refractivity contribution < 1.29 is 14.3 Å². The number of thiazole rings is 1. The highest BCUT2D eigenvalue weighted by Crippen LogP contribution is 2.31. The Morgan fingerprint density at radius 3 is 2.93 bits per heavy atom. The first kappa shape index (κ1) is 19.3. The number of ether oxygens (including phenoxy) is 1. The number of pyridine rings is 1. The first-order valence-electron chi connectivity index (χ1n) is 9.61. The molecule has 0 atom stereocenters. The lowest BCUT2D eigenvalue weighted by molar-refractivity contribution is -0.127. The Balaban J connectivity index is 1.38. The maximum atomic E-state index is 12.5. The minimum Gasteiger partial charge on any atom is -0.481 e. The predicted molar refractivity (Wildman–Crippen MR) is 112 cm³/mol. The molecule has 8 heteroatoms. The van der Waals surface area contributed by atoms with E-state index >= 15 is 0 Å². The van der Waals surface area contributed by atoms with Crippen LogP contribution in [-0.2, 0) is 4.79 Å². The quantitative estimate of drug-likeness (QED) is 0.605. The Morgan fingerprint density at radius 1 is 1.31 bits per heavy atom. The second kappa shape index (κ2) is 8.57. The van der Waals surface area contributed by atoms with Gasteiger partial charge in [-0.1, -0.05) is 0 Å². The van der Waals surface area contributed by atoms with Gasteiger partial charge in [0.2, 0.25) is 11.8 Å². The van der Waals surface area contributed by atoms with Crippen LogP contribution in [-0.4, -0.2) is 53.4 Å². The van der Waals surface area contributed by atoms with Gasteiger partial charge in [-0.2, -0.15) is 0 Å². The standard InChI is InChI=1S/C21H22N4O3S/c1-28-18-8-6-15(13-23-18)21-24-16-7-5-14(12-17(16)29-21)20(27)22-9-3-11-25-10-2-4-19(25)26/h5-8,12-13H,2-4,9-11H2,1H3,(H,22,27). The minimum atomic E-state index is -0.110. The summed E-state index contributed by atoms with van der Waals surface area (Å²) in [5.74, 6) is 0.665. The van der Waals surface area contributed by atoms with Crippen LogP contribution in [0.2, 0.25) is 0 Å². The van der Waals surface area contributed by atoms with Crippen LogP contribution in [0.4, 0.5) is 0 Å². The number of rotatable bonds is 7. The van der Waals surface area contributed by atoms with Crippen molar-refractivity contribution in [3.63, 3.8) is 0 Å². The van der Waals surface area contributed by atoms with Gasteiger partial charge in [0, 0.05) is 49.4 Å². The lowest BCUT2D eigenvalue weighted by Crippen LogP contribution is -2.30. The van der Waals surface area contributed by atoms with Gasteiger partial charge in [0.05, 0.1) is 17.3 Å². The Morgan fingerprint density at radius 2 is 2.21 bits per heavy atom. The van der Waals surface area contributed by atoms with Crippen LogP contribution in [0.15, 0.2) is 36.5 Å². The van der Waals surface area contributed by atoms with Gasteiger partial charge in [-0.3, -0.25) is 9.59 Å². The van der Waals surface area contributed by atoms with Crippen molar-refractivity contribution in [1.29, 1.82) is 0 Å².